The van der Waals surface area contributed by atoms with Crippen LogP contribution in [0.3, 0.4) is 0 Å². The smallest absolute Gasteiger partial charge is 0.271 e. The molecule has 0 aliphatic carbocycles. The van der Waals surface area contributed by atoms with Crippen LogP contribution in [0.15, 0.2) is 47.6 Å². The summed E-state index contributed by atoms with van der Waals surface area (Å²) in [6.45, 7) is 3.61. The van der Waals surface area contributed by atoms with Crippen LogP contribution in [0.5, 0.6) is 5.75 Å². The zero-order valence-corrected chi connectivity index (χ0v) is 12.5. The highest BCUT2D eigenvalue weighted by atomic mass is 35.5. The van der Waals surface area contributed by atoms with Gasteiger partial charge in [-0.05, 0) is 44.2 Å². The lowest BCUT2D eigenvalue weighted by molar-refractivity contribution is 0.0954. The molecule has 0 bridgehead atoms. The van der Waals surface area contributed by atoms with Crippen LogP contribution in [-0.2, 0) is 0 Å². The topological polar surface area (TPSA) is 61.7 Å². The molecule has 0 fully saturated rings. The standard InChI is InChI=1S/C16H15ClN2O2/c1-10-4-3-5-12(8-10)16(21)19-18-11(2)14-7-6-13(17)9-15(14)20/h3-9,20H,1-2H3,(H,19,21). The fraction of sp³-hybridized carbons (Fsp3) is 0.125. The van der Waals surface area contributed by atoms with E-state index >= 15 is 0 Å². The number of phenolic OH excluding ortho intramolecular Hbond substituents is 1. The Morgan fingerprint density at radius 3 is 2.67 bits per heavy atom. The summed E-state index contributed by atoms with van der Waals surface area (Å²) in [7, 11) is 0. The number of amides is 1. The molecule has 0 saturated heterocycles. The molecule has 0 aliphatic rings. The number of aryl methyl sites for hydroxylation is 1. The number of nitrogens with one attached hydrogen (secondary N) is 1. The molecule has 2 aromatic carbocycles. The van der Waals surface area contributed by atoms with Gasteiger partial charge in [0.2, 0.25) is 0 Å². The van der Waals surface area contributed by atoms with Crippen LogP contribution >= 0.6 is 11.6 Å². The van der Waals surface area contributed by atoms with Crippen molar-refractivity contribution in [1.29, 1.82) is 0 Å². The van der Waals surface area contributed by atoms with Gasteiger partial charge in [-0.15, -0.1) is 0 Å². The van der Waals surface area contributed by atoms with Gasteiger partial charge in [-0.1, -0.05) is 29.3 Å². The number of phenols is 1. The largest absolute Gasteiger partial charge is 0.507 e. The zero-order valence-electron chi connectivity index (χ0n) is 11.7. The number of aromatic hydroxyl groups is 1. The van der Waals surface area contributed by atoms with Crippen LogP contribution in [0.25, 0.3) is 0 Å². The summed E-state index contributed by atoms with van der Waals surface area (Å²) in [6, 6.07) is 11.9. The maximum Gasteiger partial charge on any atom is 0.271 e. The quantitative estimate of drug-likeness (QED) is 0.673. The first kappa shape index (κ1) is 15.1. The lowest BCUT2D eigenvalue weighted by Gasteiger charge is -2.06. The van der Waals surface area contributed by atoms with Gasteiger partial charge in [0.25, 0.3) is 5.91 Å². The van der Waals surface area contributed by atoms with Crippen molar-refractivity contribution in [2.24, 2.45) is 5.10 Å². The minimum atomic E-state index is -0.300. The SMILES string of the molecule is CC(=NNC(=O)c1cccc(C)c1)c1ccc(Cl)cc1O. The summed E-state index contributed by atoms with van der Waals surface area (Å²) < 4.78 is 0. The van der Waals surface area contributed by atoms with Crippen molar-refractivity contribution in [3.8, 4) is 5.75 Å². The van der Waals surface area contributed by atoms with Crippen LogP contribution in [0.1, 0.15) is 28.4 Å². The van der Waals surface area contributed by atoms with Crippen molar-refractivity contribution in [2.75, 3.05) is 0 Å². The molecule has 0 aliphatic heterocycles. The molecule has 1 amide bonds. The molecular formula is C16H15ClN2O2. The molecule has 2 N–H and O–H groups in total. The summed E-state index contributed by atoms with van der Waals surface area (Å²) >= 11 is 5.77. The molecule has 108 valence electrons. The van der Waals surface area contributed by atoms with E-state index in [9.17, 15) is 9.90 Å². The third-order valence-electron chi connectivity index (χ3n) is 2.95. The van der Waals surface area contributed by atoms with Crippen LogP contribution < -0.4 is 5.43 Å². The summed E-state index contributed by atoms with van der Waals surface area (Å²) in [5, 5.41) is 14.2. The Balaban J connectivity index is 2.15. The molecule has 5 heteroatoms. The van der Waals surface area contributed by atoms with E-state index in [-0.39, 0.29) is 11.7 Å². The third-order valence-corrected chi connectivity index (χ3v) is 3.19. The molecule has 0 aromatic heterocycles. The lowest BCUT2D eigenvalue weighted by atomic mass is 10.1. The second kappa shape index (κ2) is 6.41. The maximum absolute atomic E-state index is 12.0. The summed E-state index contributed by atoms with van der Waals surface area (Å²) in [5.41, 5.74) is 5.01. The van der Waals surface area contributed by atoms with E-state index in [4.69, 9.17) is 11.6 Å². The molecule has 0 unspecified atom stereocenters. The van der Waals surface area contributed by atoms with E-state index in [0.29, 0.717) is 21.9 Å². The Morgan fingerprint density at radius 1 is 1.24 bits per heavy atom. The van der Waals surface area contributed by atoms with Crippen LogP contribution in [0, 0.1) is 6.92 Å². The number of carbonyl (C=O) groups is 1. The van der Waals surface area contributed by atoms with Gasteiger partial charge in [0.15, 0.2) is 0 Å². The molecule has 2 aromatic rings. The molecule has 0 spiro atoms. The second-order valence-corrected chi connectivity index (χ2v) is 5.11. The normalized spacial score (nSPS) is 11.3. The van der Waals surface area contributed by atoms with Gasteiger partial charge in [-0.3, -0.25) is 4.79 Å². The van der Waals surface area contributed by atoms with Crippen molar-refractivity contribution in [3.63, 3.8) is 0 Å². The van der Waals surface area contributed by atoms with E-state index in [1.165, 1.54) is 6.07 Å². The Bertz CT molecular complexity index is 711. The molecular weight excluding hydrogens is 288 g/mol. The molecule has 4 nitrogen and oxygen atoms in total. The summed E-state index contributed by atoms with van der Waals surface area (Å²) in [4.78, 5) is 12.0. The van der Waals surface area contributed by atoms with E-state index in [1.807, 2.05) is 19.1 Å². The Labute approximate surface area is 128 Å². The predicted octanol–water partition coefficient (Wildman–Crippen LogP) is 3.51. The molecule has 0 radical (unpaired) electrons. The maximum atomic E-state index is 12.0. The lowest BCUT2D eigenvalue weighted by Crippen LogP contribution is -2.19. The van der Waals surface area contributed by atoms with Gasteiger partial charge in [-0.2, -0.15) is 5.10 Å². The van der Waals surface area contributed by atoms with E-state index in [1.54, 1.807) is 31.2 Å². The van der Waals surface area contributed by atoms with Gasteiger partial charge in [-0.25, -0.2) is 5.43 Å². The van der Waals surface area contributed by atoms with Gasteiger partial charge in [0, 0.05) is 16.1 Å². The third kappa shape index (κ3) is 3.83. The van der Waals surface area contributed by atoms with Gasteiger partial charge in [0.1, 0.15) is 5.75 Å². The minimum absolute atomic E-state index is 0.0218. The summed E-state index contributed by atoms with van der Waals surface area (Å²) in [6.07, 6.45) is 0. The van der Waals surface area contributed by atoms with Gasteiger partial charge in [0.05, 0.1) is 5.71 Å². The molecule has 2 rings (SSSR count). The zero-order chi connectivity index (χ0) is 15.4. The van der Waals surface area contributed by atoms with Crippen molar-refractivity contribution in [2.45, 2.75) is 13.8 Å². The monoisotopic (exact) mass is 302 g/mol. The van der Waals surface area contributed by atoms with E-state index in [2.05, 4.69) is 10.5 Å². The second-order valence-electron chi connectivity index (χ2n) is 4.67. The summed E-state index contributed by atoms with van der Waals surface area (Å²) in [5.74, 6) is -0.278. The van der Waals surface area contributed by atoms with Crippen molar-refractivity contribution in [3.05, 3.63) is 64.2 Å². The van der Waals surface area contributed by atoms with Gasteiger partial charge >= 0.3 is 0 Å². The number of hydrazone groups is 1. The number of benzene rings is 2. The number of halogens is 1. The number of hydrogen-bond acceptors (Lipinski definition) is 3. The van der Waals surface area contributed by atoms with Gasteiger partial charge < -0.3 is 5.11 Å². The number of carbonyl (C=O) groups excluding carboxylic acids is 1. The van der Waals surface area contributed by atoms with E-state index in [0.717, 1.165) is 5.56 Å². The first-order chi connectivity index (χ1) is 9.97. The minimum Gasteiger partial charge on any atom is -0.507 e. The van der Waals surface area contributed by atoms with Crippen molar-refractivity contribution >= 4 is 23.2 Å². The van der Waals surface area contributed by atoms with Crippen LogP contribution in [0.2, 0.25) is 5.02 Å². The Hall–Kier alpha value is -2.33. The van der Waals surface area contributed by atoms with Crippen molar-refractivity contribution in [1.82, 2.24) is 5.43 Å². The highest BCUT2D eigenvalue weighted by Crippen LogP contribution is 2.22. The first-order valence-corrected chi connectivity index (χ1v) is 6.75. The Kier molecular flexibility index (Phi) is 4.60. The number of hydrogen-bond donors (Lipinski definition) is 2. The molecule has 0 saturated carbocycles. The predicted molar refractivity (Wildman–Crippen MR) is 84.0 cm³/mol. The highest BCUT2D eigenvalue weighted by Gasteiger charge is 2.07. The van der Waals surface area contributed by atoms with Crippen LogP contribution in [0.4, 0.5) is 0 Å². The fourth-order valence-corrected chi connectivity index (χ4v) is 2.02. The molecule has 0 atom stereocenters. The van der Waals surface area contributed by atoms with Crippen LogP contribution in [-0.4, -0.2) is 16.7 Å². The number of nitrogens with zero attached hydrogens (tertiary/aromatic N) is 1. The highest BCUT2D eigenvalue weighted by molar-refractivity contribution is 6.30. The first-order valence-electron chi connectivity index (χ1n) is 6.37. The average Bonchev–Trinajstić information content (AvgIpc) is 2.44. The average molecular weight is 303 g/mol. The fourth-order valence-electron chi connectivity index (χ4n) is 1.86. The van der Waals surface area contributed by atoms with E-state index < -0.39 is 0 Å². The molecule has 21 heavy (non-hydrogen) atoms. The Morgan fingerprint density at radius 2 is 2.00 bits per heavy atom. The van der Waals surface area contributed by atoms with Crippen molar-refractivity contribution < 1.29 is 9.90 Å². The number of rotatable bonds is 3. The molecule has 0 heterocycles.